The van der Waals surface area contributed by atoms with Gasteiger partial charge in [-0.05, 0) is 27.8 Å². The molecule has 122 valence electrons. The van der Waals surface area contributed by atoms with Gasteiger partial charge in [0.15, 0.2) is 0 Å². The van der Waals surface area contributed by atoms with E-state index in [-0.39, 0.29) is 17.8 Å². The first-order valence-electron chi connectivity index (χ1n) is 8.62. The van der Waals surface area contributed by atoms with Crippen molar-refractivity contribution in [1.29, 1.82) is 0 Å². The van der Waals surface area contributed by atoms with E-state index in [1.165, 1.54) is 29.4 Å². The highest BCUT2D eigenvalue weighted by molar-refractivity contribution is 5.96. The zero-order valence-corrected chi connectivity index (χ0v) is 14.0. The summed E-state index contributed by atoms with van der Waals surface area (Å²) in [6.45, 7) is 0. The highest BCUT2D eigenvalue weighted by Gasteiger charge is 2.73. The highest BCUT2D eigenvalue weighted by Crippen LogP contribution is 2.75. The third-order valence-electron chi connectivity index (χ3n) is 5.86. The number of hydrogen-bond acceptors (Lipinski definition) is 2. The summed E-state index contributed by atoms with van der Waals surface area (Å²) in [5, 5.41) is 0. The molecule has 0 radical (unpaired) electrons. The lowest BCUT2D eigenvalue weighted by Crippen LogP contribution is -2.25. The fourth-order valence-electron chi connectivity index (χ4n) is 4.88. The van der Waals surface area contributed by atoms with Crippen molar-refractivity contribution in [2.75, 3.05) is 7.11 Å². The quantitative estimate of drug-likeness (QED) is 0.640. The summed E-state index contributed by atoms with van der Waals surface area (Å²) in [6, 6.07) is 27.0. The summed E-state index contributed by atoms with van der Waals surface area (Å²) < 4.78 is 5.31. The number of fused-ring (bicyclic) bond motifs is 6. The molecule has 2 heteroatoms. The zero-order valence-electron chi connectivity index (χ0n) is 14.0. The molecule has 3 aromatic rings. The Morgan fingerprint density at radius 3 is 1.76 bits per heavy atom. The Morgan fingerprint density at radius 2 is 1.24 bits per heavy atom. The first kappa shape index (κ1) is 14.5. The van der Waals surface area contributed by atoms with Gasteiger partial charge in [-0.1, -0.05) is 78.9 Å². The van der Waals surface area contributed by atoms with Gasteiger partial charge in [-0.25, -0.2) is 0 Å². The predicted octanol–water partition coefficient (Wildman–Crippen LogP) is 4.66. The minimum Gasteiger partial charge on any atom is -0.468 e. The van der Waals surface area contributed by atoms with Crippen LogP contribution in [0.15, 0.2) is 78.9 Å². The third-order valence-corrected chi connectivity index (χ3v) is 5.86. The van der Waals surface area contributed by atoms with Crippen LogP contribution in [0, 0.1) is 0 Å². The van der Waals surface area contributed by atoms with E-state index in [1.807, 2.05) is 18.2 Å². The number of hydrogen-bond donors (Lipinski definition) is 0. The van der Waals surface area contributed by atoms with E-state index in [0.717, 1.165) is 5.56 Å². The third kappa shape index (κ3) is 1.72. The van der Waals surface area contributed by atoms with Crippen LogP contribution in [0.1, 0.15) is 28.5 Å². The van der Waals surface area contributed by atoms with E-state index in [4.69, 9.17) is 4.74 Å². The van der Waals surface area contributed by atoms with Gasteiger partial charge in [-0.3, -0.25) is 4.79 Å². The molecule has 0 spiro atoms. The molecule has 2 aliphatic carbocycles. The fraction of sp³-hybridized carbons (Fsp3) is 0.174. The summed E-state index contributed by atoms with van der Waals surface area (Å²) in [5.41, 5.74) is 5.39. The molecule has 0 bridgehead atoms. The van der Waals surface area contributed by atoms with Crippen LogP contribution in [0.25, 0.3) is 11.1 Å². The summed E-state index contributed by atoms with van der Waals surface area (Å²) in [5.74, 6) is 0.127. The fourth-order valence-corrected chi connectivity index (χ4v) is 4.88. The van der Waals surface area contributed by atoms with Crippen molar-refractivity contribution in [3.05, 3.63) is 95.6 Å². The number of esters is 1. The summed E-state index contributed by atoms with van der Waals surface area (Å²) >= 11 is 0. The second kappa shape index (κ2) is 5.06. The first-order chi connectivity index (χ1) is 12.3. The molecule has 0 amide bonds. The largest absolute Gasteiger partial charge is 0.468 e. The van der Waals surface area contributed by atoms with E-state index in [2.05, 4.69) is 60.7 Å². The Labute approximate surface area is 147 Å². The molecule has 2 unspecified atom stereocenters. The van der Waals surface area contributed by atoms with Gasteiger partial charge >= 0.3 is 5.97 Å². The Kier molecular flexibility index (Phi) is 2.93. The number of carbonyl (C=O) groups excluding carboxylic acids is 1. The summed E-state index contributed by atoms with van der Waals surface area (Å²) in [4.78, 5) is 13.1. The second-order valence-electron chi connectivity index (χ2n) is 6.86. The molecule has 2 atom stereocenters. The molecule has 0 aromatic heterocycles. The molecule has 2 nitrogen and oxygen atoms in total. The van der Waals surface area contributed by atoms with Gasteiger partial charge < -0.3 is 4.74 Å². The van der Waals surface area contributed by atoms with Crippen molar-refractivity contribution in [1.82, 2.24) is 0 Å². The van der Waals surface area contributed by atoms with Gasteiger partial charge in [0.2, 0.25) is 0 Å². The minimum atomic E-state index is -0.626. The van der Waals surface area contributed by atoms with E-state index >= 15 is 0 Å². The van der Waals surface area contributed by atoms with Crippen LogP contribution in [0.5, 0.6) is 0 Å². The van der Waals surface area contributed by atoms with E-state index in [0.29, 0.717) is 0 Å². The predicted molar refractivity (Wildman–Crippen MR) is 97.5 cm³/mol. The van der Waals surface area contributed by atoms with Gasteiger partial charge in [0.05, 0.1) is 7.11 Å². The highest BCUT2D eigenvalue weighted by atomic mass is 16.5. The lowest BCUT2D eigenvalue weighted by Gasteiger charge is -2.18. The molecule has 3 aromatic carbocycles. The molecule has 0 saturated heterocycles. The van der Waals surface area contributed by atoms with Crippen LogP contribution in [-0.4, -0.2) is 13.1 Å². The molecule has 0 heterocycles. The van der Waals surface area contributed by atoms with E-state index in [9.17, 15) is 4.79 Å². The normalized spacial score (nSPS) is 25.3. The molecule has 0 aliphatic heterocycles. The van der Waals surface area contributed by atoms with Crippen molar-refractivity contribution < 1.29 is 9.53 Å². The minimum absolute atomic E-state index is 0.133. The van der Waals surface area contributed by atoms with Crippen LogP contribution in [0.4, 0.5) is 0 Å². The number of methoxy groups -OCH3 is 1. The first-order valence-corrected chi connectivity index (χ1v) is 8.62. The molecule has 1 saturated carbocycles. The van der Waals surface area contributed by atoms with Crippen LogP contribution >= 0.6 is 0 Å². The van der Waals surface area contributed by atoms with Crippen molar-refractivity contribution in [3.8, 4) is 11.1 Å². The van der Waals surface area contributed by atoms with Crippen molar-refractivity contribution in [2.24, 2.45) is 0 Å². The Balaban J connectivity index is 1.82. The number of ether oxygens (including phenoxy) is 1. The molecule has 25 heavy (non-hydrogen) atoms. The SMILES string of the molecule is COC(=O)C1(c2ccccc2)C2c3ccccc3-c3ccccc3C21. The van der Waals surface area contributed by atoms with Gasteiger partial charge in [-0.15, -0.1) is 0 Å². The van der Waals surface area contributed by atoms with E-state index < -0.39 is 5.41 Å². The molecule has 2 aliphatic rings. The van der Waals surface area contributed by atoms with Gasteiger partial charge in [0.25, 0.3) is 0 Å². The lowest BCUT2D eigenvalue weighted by molar-refractivity contribution is -0.144. The second-order valence-corrected chi connectivity index (χ2v) is 6.86. The maximum absolute atomic E-state index is 13.1. The number of rotatable bonds is 2. The standard InChI is InChI=1S/C23H18O2/c1-25-22(24)23(15-9-3-2-4-10-15)20-18-13-7-5-11-16(18)17-12-6-8-14-19(17)21(20)23/h2-14,20-21H,1H3. The summed E-state index contributed by atoms with van der Waals surface area (Å²) in [6.07, 6.45) is 0. The topological polar surface area (TPSA) is 26.3 Å². The van der Waals surface area contributed by atoms with Crippen molar-refractivity contribution >= 4 is 5.97 Å². The Hall–Kier alpha value is -2.87. The average Bonchev–Trinajstić information content (AvgIpc) is 3.40. The number of benzene rings is 3. The maximum atomic E-state index is 13.1. The monoisotopic (exact) mass is 326 g/mol. The smallest absolute Gasteiger partial charge is 0.317 e. The number of carbonyl (C=O) groups is 1. The average molecular weight is 326 g/mol. The van der Waals surface area contributed by atoms with Crippen LogP contribution in [-0.2, 0) is 14.9 Å². The maximum Gasteiger partial charge on any atom is 0.317 e. The molecule has 0 N–H and O–H groups in total. The Bertz CT molecular complexity index is 923. The van der Waals surface area contributed by atoms with E-state index in [1.54, 1.807) is 0 Å². The Morgan fingerprint density at radius 1 is 0.760 bits per heavy atom. The van der Waals surface area contributed by atoms with Crippen molar-refractivity contribution in [2.45, 2.75) is 17.3 Å². The molecular weight excluding hydrogens is 308 g/mol. The molecule has 5 rings (SSSR count). The lowest BCUT2D eigenvalue weighted by atomic mass is 9.86. The molecular formula is C23H18O2. The molecule has 1 fully saturated rings. The van der Waals surface area contributed by atoms with Gasteiger partial charge in [0.1, 0.15) is 5.41 Å². The zero-order chi connectivity index (χ0) is 17.0. The van der Waals surface area contributed by atoms with Gasteiger partial charge in [0, 0.05) is 11.8 Å². The summed E-state index contributed by atoms with van der Waals surface area (Å²) in [7, 11) is 1.50. The van der Waals surface area contributed by atoms with Gasteiger partial charge in [-0.2, -0.15) is 0 Å². The van der Waals surface area contributed by atoms with Crippen LogP contribution in [0.2, 0.25) is 0 Å². The van der Waals surface area contributed by atoms with Crippen LogP contribution < -0.4 is 0 Å². The van der Waals surface area contributed by atoms with Crippen molar-refractivity contribution in [3.63, 3.8) is 0 Å². The van der Waals surface area contributed by atoms with Crippen LogP contribution in [0.3, 0.4) is 0 Å².